The van der Waals surface area contributed by atoms with Crippen molar-refractivity contribution in [2.24, 2.45) is 5.14 Å². The molecule has 2 aromatic carbocycles. The van der Waals surface area contributed by atoms with Crippen LogP contribution in [0.15, 0.2) is 41.3 Å². The second-order valence-electron chi connectivity index (χ2n) is 4.40. The number of nitrogen functional groups attached to an aromatic ring is 1. The molecule has 0 aliphatic carbocycles. The predicted molar refractivity (Wildman–Crippen MR) is 81.0 cm³/mol. The lowest BCUT2D eigenvalue weighted by atomic mass is 10.2. The van der Waals surface area contributed by atoms with Crippen molar-refractivity contribution in [1.82, 2.24) is 0 Å². The summed E-state index contributed by atoms with van der Waals surface area (Å²) in [6.07, 6.45) is 0. The Morgan fingerprint density at radius 1 is 1.19 bits per heavy atom. The summed E-state index contributed by atoms with van der Waals surface area (Å²) in [5.74, 6) is -0.516. The van der Waals surface area contributed by atoms with Crippen molar-refractivity contribution in [1.29, 1.82) is 0 Å². The largest absolute Gasteiger partial charge is 0.399 e. The summed E-state index contributed by atoms with van der Waals surface area (Å²) in [5.41, 5.74) is 6.85. The van der Waals surface area contributed by atoms with Crippen molar-refractivity contribution in [3.8, 4) is 0 Å². The van der Waals surface area contributed by atoms with Crippen molar-refractivity contribution in [2.75, 3.05) is 11.1 Å². The number of hydrogen-bond donors (Lipinski definition) is 3. The first-order valence-electron chi connectivity index (χ1n) is 5.87. The van der Waals surface area contributed by atoms with E-state index in [-0.39, 0.29) is 22.2 Å². The fraction of sp³-hybridized carbons (Fsp3) is 0.0769. The smallest absolute Gasteiger partial charge is 0.240 e. The normalized spacial score (nSPS) is 11.4. The van der Waals surface area contributed by atoms with E-state index in [1.165, 1.54) is 24.3 Å². The molecule has 0 bridgehead atoms. The Bertz CT molecular complexity index is 781. The van der Waals surface area contributed by atoms with Crippen LogP contribution in [0.4, 0.5) is 15.8 Å². The first-order chi connectivity index (χ1) is 9.77. The summed E-state index contributed by atoms with van der Waals surface area (Å²) in [6, 6.07) is 8.58. The Kier molecular flexibility index (Phi) is 4.36. The molecule has 0 saturated heterocycles. The molecule has 0 spiro atoms. The molecule has 0 aromatic heterocycles. The lowest BCUT2D eigenvalue weighted by Crippen LogP contribution is -2.15. The standard InChI is InChI=1S/C13H13ClFN3O2S/c14-10-5-8(1-3-11(10)15)7-18-12-4-2-9(16)6-13(12)21(17,19)20/h1-6,18H,7,16H2,(H2,17,19,20). The molecule has 0 heterocycles. The number of nitrogens with one attached hydrogen (secondary N) is 1. The number of primary sulfonamides is 1. The third kappa shape index (κ3) is 3.84. The highest BCUT2D eigenvalue weighted by Crippen LogP contribution is 2.24. The minimum atomic E-state index is -3.90. The molecule has 5 nitrogen and oxygen atoms in total. The maximum Gasteiger partial charge on any atom is 0.240 e. The predicted octanol–water partition coefficient (Wildman–Crippen LogP) is 2.32. The quantitative estimate of drug-likeness (QED) is 0.750. The van der Waals surface area contributed by atoms with E-state index >= 15 is 0 Å². The first-order valence-corrected chi connectivity index (χ1v) is 7.80. The van der Waals surface area contributed by atoms with Gasteiger partial charge >= 0.3 is 0 Å². The van der Waals surface area contributed by atoms with Crippen molar-refractivity contribution < 1.29 is 12.8 Å². The Hall–Kier alpha value is -1.83. The third-order valence-corrected chi connectivity index (χ3v) is 4.02. The van der Waals surface area contributed by atoms with Crippen molar-refractivity contribution in [3.05, 3.63) is 52.8 Å². The zero-order valence-electron chi connectivity index (χ0n) is 10.8. The molecule has 0 aliphatic heterocycles. The van der Waals surface area contributed by atoms with Crippen LogP contribution in [0.2, 0.25) is 5.02 Å². The van der Waals surface area contributed by atoms with E-state index in [9.17, 15) is 12.8 Å². The lowest BCUT2D eigenvalue weighted by molar-refractivity contribution is 0.598. The van der Waals surface area contributed by atoms with Crippen molar-refractivity contribution in [2.45, 2.75) is 11.4 Å². The van der Waals surface area contributed by atoms with Gasteiger partial charge in [-0.05, 0) is 35.9 Å². The number of benzene rings is 2. The van der Waals surface area contributed by atoms with Gasteiger partial charge in [0.25, 0.3) is 0 Å². The third-order valence-electron chi connectivity index (χ3n) is 2.78. The van der Waals surface area contributed by atoms with Crippen LogP contribution in [0.3, 0.4) is 0 Å². The van der Waals surface area contributed by atoms with Gasteiger partial charge in [0.2, 0.25) is 10.0 Å². The highest BCUT2D eigenvalue weighted by Gasteiger charge is 2.14. The van der Waals surface area contributed by atoms with Crippen LogP contribution in [0, 0.1) is 5.82 Å². The van der Waals surface area contributed by atoms with E-state index < -0.39 is 15.8 Å². The second kappa shape index (κ2) is 5.88. The van der Waals surface area contributed by atoms with Crippen LogP contribution in [0.5, 0.6) is 0 Å². The topological polar surface area (TPSA) is 98.2 Å². The monoisotopic (exact) mass is 329 g/mol. The molecule has 0 fully saturated rings. The number of sulfonamides is 1. The fourth-order valence-electron chi connectivity index (χ4n) is 1.77. The van der Waals surface area contributed by atoms with Crippen LogP contribution in [0.25, 0.3) is 0 Å². The van der Waals surface area contributed by atoms with Crippen molar-refractivity contribution in [3.63, 3.8) is 0 Å². The molecule has 2 aromatic rings. The van der Waals surface area contributed by atoms with Gasteiger partial charge in [0.1, 0.15) is 10.7 Å². The van der Waals surface area contributed by atoms with E-state index in [0.717, 1.165) is 0 Å². The molecule has 0 aliphatic rings. The van der Waals surface area contributed by atoms with E-state index in [0.29, 0.717) is 11.3 Å². The van der Waals surface area contributed by atoms with Gasteiger partial charge in [-0.25, -0.2) is 17.9 Å². The van der Waals surface area contributed by atoms with Gasteiger partial charge in [-0.15, -0.1) is 0 Å². The van der Waals surface area contributed by atoms with E-state index in [1.54, 1.807) is 12.1 Å². The summed E-state index contributed by atoms with van der Waals surface area (Å²) >= 11 is 5.69. The number of anilines is 2. The van der Waals surface area contributed by atoms with Crippen LogP contribution in [0.1, 0.15) is 5.56 Å². The Morgan fingerprint density at radius 3 is 2.52 bits per heavy atom. The van der Waals surface area contributed by atoms with E-state index in [2.05, 4.69) is 5.32 Å². The SMILES string of the molecule is Nc1ccc(NCc2ccc(F)c(Cl)c2)c(S(N)(=O)=O)c1. The molecule has 0 saturated carbocycles. The molecule has 0 atom stereocenters. The van der Waals surface area contributed by atoms with Crippen LogP contribution >= 0.6 is 11.6 Å². The van der Waals surface area contributed by atoms with Gasteiger partial charge in [0, 0.05) is 12.2 Å². The van der Waals surface area contributed by atoms with E-state index in [1.807, 2.05) is 0 Å². The molecule has 8 heteroatoms. The second-order valence-corrected chi connectivity index (χ2v) is 6.34. The molecule has 0 amide bonds. The number of halogens is 2. The minimum absolute atomic E-state index is 0.00160. The van der Waals surface area contributed by atoms with Crippen molar-refractivity contribution >= 4 is 33.0 Å². The molecular weight excluding hydrogens is 317 g/mol. The van der Waals surface area contributed by atoms with Gasteiger partial charge in [-0.2, -0.15) is 0 Å². The first kappa shape index (κ1) is 15.6. The highest BCUT2D eigenvalue weighted by molar-refractivity contribution is 7.89. The zero-order valence-corrected chi connectivity index (χ0v) is 12.4. The Morgan fingerprint density at radius 2 is 1.90 bits per heavy atom. The summed E-state index contributed by atoms with van der Waals surface area (Å²) in [7, 11) is -3.90. The summed E-state index contributed by atoms with van der Waals surface area (Å²) in [4.78, 5) is -0.101. The number of nitrogens with two attached hydrogens (primary N) is 2. The van der Waals surface area contributed by atoms with Gasteiger partial charge in [0.05, 0.1) is 10.7 Å². The average Bonchev–Trinajstić information content (AvgIpc) is 2.40. The van der Waals surface area contributed by atoms with Gasteiger partial charge < -0.3 is 11.1 Å². The number of rotatable bonds is 4. The molecule has 21 heavy (non-hydrogen) atoms. The zero-order chi connectivity index (χ0) is 15.6. The van der Waals surface area contributed by atoms with Gasteiger partial charge in [-0.3, -0.25) is 0 Å². The highest BCUT2D eigenvalue weighted by atomic mass is 35.5. The minimum Gasteiger partial charge on any atom is -0.399 e. The van der Waals surface area contributed by atoms with Gasteiger partial charge in [-0.1, -0.05) is 17.7 Å². The summed E-state index contributed by atoms with van der Waals surface area (Å²) in [6.45, 7) is 0.256. The maximum atomic E-state index is 13.1. The molecule has 0 unspecified atom stereocenters. The Labute approximate surface area is 126 Å². The van der Waals surface area contributed by atoms with Gasteiger partial charge in [0.15, 0.2) is 0 Å². The van der Waals surface area contributed by atoms with Crippen LogP contribution < -0.4 is 16.2 Å². The van der Waals surface area contributed by atoms with Crippen LogP contribution in [-0.4, -0.2) is 8.42 Å². The van der Waals surface area contributed by atoms with Crippen LogP contribution in [-0.2, 0) is 16.6 Å². The summed E-state index contributed by atoms with van der Waals surface area (Å²) < 4.78 is 36.1. The maximum absolute atomic E-state index is 13.1. The number of hydrogen-bond acceptors (Lipinski definition) is 4. The molecule has 0 radical (unpaired) electrons. The summed E-state index contributed by atoms with van der Waals surface area (Å²) in [5, 5.41) is 8.06. The average molecular weight is 330 g/mol. The van der Waals surface area contributed by atoms with E-state index in [4.69, 9.17) is 22.5 Å². The fourth-order valence-corrected chi connectivity index (χ4v) is 2.72. The molecular formula is C13H13ClFN3O2S. The molecule has 2 rings (SSSR count). The Balaban J connectivity index is 2.26. The molecule has 5 N–H and O–H groups in total. The lowest BCUT2D eigenvalue weighted by Gasteiger charge is -2.12. The molecule has 112 valence electrons.